The molecule has 2 aromatic carbocycles. The van der Waals surface area contributed by atoms with Gasteiger partial charge >= 0.3 is 0 Å². The van der Waals surface area contributed by atoms with E-state index in [9.17, 15) is 4.79 Å². The molecule has 1 fully saturated rings. The molecule has 2 aliphatic rings. The quantitative estimate of drug-likeness (QED) is 0.363. The van der Waals surface area contributed by atoms with Gasteiger partial charge in [-0.25, -0.2) is 4.98 Å². The van der Waals surface area contributed by atoms with E-state index < -0.39 is 0 Å². The Kier molecular flexibility index (Phi) is 6.20. The molecule has 1 saturated heterocycles. The third-order valence-electron chi connectivity index (χ3n) is 6.61. The molecule has 188 valence electrons. The Morgan fingerprint density at radius 2 is 1.95 bits per heavy atom. The van der Waals surface area contributed by atoms with Crippen LogP contribution in [0.4, 0.5) is 11.4 Å². The summed E-state index contributed by atoms with van der Waals surface area (Å²) < 4.78 is 16.9. The van der Waals surface area contributed by atoms with Crippen molar-refractivity contribution in [2.24, 2.45) is 0 Å². The van der Waals surface area contributed by atoms with E-state index in [4.69, 9.17) is 14.2 Å². The van der Waals surface area contributed by atoms with E-state index in [1.807, 2.05) is 30.3 Å². The minimum Gasteiger partial charge on any atom is -0.480 e. The first kappa shape index (κ1) is 23.1. The lowest BCUT2D eigenvalue weighted by Gasteiger charge is -2.29. The number of methoxy groups -OCH3 is 1. The van der Waals surface area contributed by atoms with Gasteiger partial charge in [0, 0.05) is 48.1 Å². The first-order chi connectivity index (χ1) is 18.2. The maximum absolute atomic E-state index is 12.6. The Morgan fingerprint density at radius 1 is 1.05 bits per heavy atom. The number of aromatic amines is 1. The van der Waals surface area contributed by atoms with Crippen molar-refractivity contribution in [1.29, 1.82) is 0 Å². The number of ether oxygens (including phenoxy) is 3. The number of hydrogen-bond acceptors (Lipinski definition) is 8. The van der Waals surface area contributed by atoms with E-state index in [1.165, 1.54) is 0 Å². The van der Waals surface area contributed by atoms with Gasteiger partial charge in [0.15, 0.2) is 0 Å². The monoisotopic (exact) mass is 497 g/mol. The van der Waals surface area contributed by atoms with Gasteiger partial charge in [-0.15, -0.1) is 0 Å². The highest BCUT2D eigenvalue weighted by Crippen LogP contribution is 2.43. The number of anilines is 2. The Labute approximate surface area is 214 Å². The molecule has 6 rings (SSSR count). The third-order valence-corrected chi connectivity index (χ3v) is 6.61. The molecule has 4 heterocycles. The predicted octanol–water partition coefficient (Wildman–Crippen LogP) is 3.99. The Hall–Kier alpha value is -4.37. The smallest absolute Gasteiger partial charge is 0.250 e. The fourth-order valence-corrected chi connectivity index (χ4v) is 4.71. The number of benzene rings is 2. The average molecular weight is 498 g/mol. The standard InChI is InChI=1S/C28H27N5O4/c1-35-27-17-30-21(16-31-27)15-29-20-5-6-25-19(12-20)11-18-3-2-4-23(28(18)37-25)24-13-22(14-26(34)32-24)33-7-9-36-10-8-33/h2-6,12-14,16-17,29H,7-11,15H2,1H3,(H,32,34). The number of H-pyrrole nitrogens is 1. The molecule has 2 aromatic heterocycles. The van der Waals surface area contributed by atoms with Crippen molar-refractivity contribution in [3.63, 3.8) is 0 Å². The van der Waals surface area contributed by atoms with Crippen molar-refractivity contribution in [2.45, 2.75) is 13.0 Å². The van der Waals surface area contributed by atoms with Gasteiger partial charge in [0.1, 0.15) is 11.5 Å². The van der Waals surface area contributed by atoms with E-state index in [2.05, 4.69) is 37.3 Å². The van der Waals surface area contributed by atoms with Crippen molar-refractivity contribution in [2.75, 3.05) is 43.6 Å². The maximum Gasteiger partial charge on any atom is 0.250 e. The molecule has 0 aliphatic carbocycles. The number of pyridine rings is 1. The highest BCUT2D eigenvalue weighted by atomic mass is 16.5. The number of para-hydroxylation sites is 1. The molecule has 0 amide bonds. The second-order valence-corrected chi connectivity index (χ2v) is 9.01. The SMILES string of the molecule is COc1cnc(CNc2ccc3c(c2)Cc2cccc(-c4cc(N5CCOCC5)cc(=O)[nH]4)c2O3)cn1. The van der Waals surface area contributed by atoms with Crippen LogP contribution in [0.25, 0.3) is 11.3 Å². The van der Waals surface area contributed by atoms with Crippen molar-refractivity contribution in [3.8, 4) is 28.6 Å². The van der Waals surface area contributed by atoms with Crippen molar-refractivity contribution in [3.05, 3.63) is 88.1 Å². The zero-order valence-corrected chi connectivity index (χ0v) is 20.5. The number of fused-ring (bicyclic) bond motifs is 2. The fourth-order valence-electron chi connectivity index (χ4n) is 4.71. The first-order valence-electron chi connectivity index (χ1n) is 12.3. The summed E-state index contributed by atoms with van der Waals surface area (Å²) in [5, 5.41) is 3.40. The zero-order chi connectivity index (χ0) is 25.2. The van der Waals surface area contributed by atoms with E-state index in [1.54, 1.807) is 25.6 Å². The molecule has 0 atom stereocenters. The molecule has 9 heteroatoms. The summed E-state index contributed by atoms with van der Waals surface area (Å²) in [7, 11) is 1.57. The van der Waals surface area contributed by atoms with Gasteiger partial charge in [0.2, 0.25) is 11.4 Å². The minimum absolute atomic E-state index is 0.134. The van der Waals surface area contributed by atoms with E-state index in [-0.39, 0.29) is 5.56 Å². The first-order valence-corrected chi connectivity index (χ1v) is 12.3. The van der Waals surface area contributed by atoms with Crippen molar-refractivity contribution < 1.29 is 14.2 Å². The summed E-state index contributed by atoms with van der Waals surface area (Å²) in [4.78, 5) is 26.3. The minimum atomic E-state index is -0.134. The Morgan fingerprint density at radius 3 is 2.76 bits per heavy atom. The summed E-state index contributed by atoms with van der Waals surface area (Å²) in [6, 6.07) is 15.8. The molecular weight excluding hydrogens is 470 g/mol. The summed E-state index contributed by atoms with van der Waals surface area (Å²) in [6.07, 6.45) is 4.03. The molecule has 9 nitrogen and oxygen atoms in total. The number of aromatic nitrogens is 3. The lowest BCUT2D eigenvalue weighted by Crippen LogP contribution is -2.36. The van der Waals surface area contributed by atoms with Gasteiger partial charge in [0.05, 0.1) is 50.6 Å². The molecule has 2 N–H and O–H groups in total. The number of hydrogen-bond donors (Lipinski definition) is 2. The predicted molar refractivity (Wildman–Crippen MR) is 141 cm³/mol. The van der Waals surface area contributed by atoms with Crippen LogP contribution in [0, 0.1) is 0 Å². The molecular formula is C28H27N5O4. The van der Waals surface area contributed by atoms with Gasteiger partial charge in [-0.3, -0.25) is 9.78 Å². The molecule has 0 unspecified atom stereocenters. The number of nitrogens with one attached hydrogen (secondary N) is 2. The summed E-state index contributed by atoms with van der Waals surface area (Å²) in [5.74, 6) is 2.07. The maximum atomic E-state index is 12.6. The van der Waals surface area contributed by atoms with Crippen LogP contribution in [0.2, 0.25) is 0 Å². The van der Waals surface area contributed by atoms with Crippen LogP contribution < -0.4 is 25.2 Å². The zero-order valence-electron chi connectivity index (χ0n) is 20.5. The number of morpholine rings is 1. The second kappa shape index (κ2) is 9.94. The van der Waals surface area contributed by atoms with E-state index >= 15 is 0 Å². The van der Waals surface area contributed by atoms with Crippen LogP contribution in [-0.4, -0.2) is 48.4 Å². The molecule has 0 bridgehead atoms. The average Bonchev–Trinajstić information content (AvgIpc) is 2.95. The molecule has 37 heavy (non-hydrogen) atoms. The van der Waals surface area contributed by atoms with Crippen molar-refractivity contribution >= 4 is 11.4 Å². The third kappa shape index (κ3) is 4.85. The molecule has 4 aromatic rings. The van der Waals surface area contributed by atoms with E-state index in [0.717, 1.165) is 70.5 Å². The summed E-state index contributed by atoms with van der Waals surface area (Å²) >= 11 is 0. The van der Waals surface area contributed by atoms with Crippen LogP contribution in [-0.2, 0) is 17.7 Å². The molecule has 0 spiro atoms. The molecule has 2 aliphatic heterocycles. The van der Waals surface area contributed by atoms with Gasteiger partial charge in [0.25, 0.3) is 0 Å². The highest BCUT2D eigenvalue weighted by Gasteiger charge is 2.22. The van der Waals surface area contributed by atoms with Gasteiger partial charge in [-0.1, -0.05) is 12.1 Å². The highest BCUT2D eigenvalue weighted by molar-refractivity contribution is 5.74. The van der Waals surface area contributed by atoms with Crippen LogP contribution in [0.3, 0.4) is 0 Å². The van der Waals surface area contributed by atoms with Gasteiger partial charge < -0.3 is 29.4 Å². The van der Waals surface area contributed by atoms with Crippen LogP contribution in [0.15, 0.2) is 65.7 Å². The van der Waals surface area contributed by atoms with Gasteiger partial charge in [-0.2, -0.15) is 0 Å². The lowest BCUT2D eigenvalue weighted by atomic mass is 9.96. The Balaban J connectivity index is 1.24. The second-order valence-electron chi connectivity index (χ2n) is 9.01. The van der Waals surface area contributed by atoms with E-state index in [0.29, 0.717) is 25.6 Å². The molecule has 0 saturated carbocycles. The van der Waals surface area contributed by atoms with Crippen LogP contribution >= 0.6 is 0 Å². The Bertz CT molecular complexity index is 1480. The summed E-state index contributed by atoms with van der Waals surface area (Å²) in [5.41, 5.74) is 6.33. The van der Waals surface area contributed by atoms with Gasteiger partial charge in [-0.05, 0) is 35.9 Å². The normalized spacial score (nSPS) is 14.4. The van der Waals surface area contributed by atoms with Crippen LogP contribution in [0.1, 0.15) is 16.8 Å². The topological polar surface area (TPSA) is 102 Å². The molecule has 0 radical (unpaired) electrons. The number of nitrogens with zero attached hydrogens (tertiary/aromatic N) is 3. The number of rotatable bonds is 6. The fraction of sp³-hybridized carbons (Fsp3) is 0.250. The largest absolute Gasteiger partial charge is 0.480 e. The van der Waals surface area contributed by atoms with Crippen molar-refractivity contribution in [1.82, 2.24) is 15.0 Å². The summed E-state index contributed by atoms with van der Waals surface area (Å²) in [6.45, 7) is 3.40. The van der Waals surface area contributed by atoms with Crippen LogP contribution in [0.5, 0.6) is 17.4 Å². The lowest BCUT2D eigenvalue weighted by molar-refractivity contribution is 0.122.